The minimum atomic E-state index is -5.00. The minimum absolute atomic E-state index is 0.118. The molecule has 78 valence electrons. The second kappa shape index (κ2) is 4.04. The van der Waals surface area contributed by atoms with E-state index >= 15 is 0 Å². The van der Waals surface area contributed by atoms with Gasteiger partial charge in [-0.3, -0.25) is 0 Å². The SMILES string of the molecule is N#C[Se](=O)(=O)Oc1ccc([N+](=O)[O-])cc1. The fourth-order valence-electron chi connectivity index (χ4n) is 0.769. The molecule has 0 heterocycles. The molecule has 0 amide bonds. The molecular formula is C7H4N2O5Se. The van der Waals surface area contributed by atoms with E-state index in [1.807, 2.05) is 0 Å². The van der Waals surface area contributed by atoms with E-state index < -0.39 is 18.0 Å². The van der Waals surface area contributed by atoms with Gasteiger partial charge >= 0.3 is 85.5 Å². The fourth-order valence-corrected chi connectivity index (χ4v) is 1.61. The molecular weight excluding hydrogens is 271 g/mol. The molecule has 0 unspecified atom stereocenters. The summed E-state index contributed by atoms with van der Waals surface area (Å²) in [5, 5.41) is 18.4. The number of hydrogen-bond donors (Lipinski definition) is 0. The van der Waals surface area contributed by atoms with E-state index in [1.165, 1.54) is 0 Å². The van der Waals surface area contributed by atoms with Crippen molar-refractivity contribution in [2.75, 3.05) is 0 Å². The first kappa shape index (κ1) is 11.1. The summed E-state index contributed by atoms with van der Waals surface area (Å²) in [7, 11) is 0. The van der Waals surface area contributed by atoms with Gasteiger partial charge in [-0.2, -0.15) is 0 Å². The van der Waals surface area contributed by atoms with Gasteiger partial charge in [0.05, 0.1) is 0 Å². The molecule has 0 aromatic heterocycles. The van der Waals surface area contributed by atoms with Crippen LogP contribution in [0.5, 0.6) is 5.75 Å². The summed E-state index contributed by atoms with van der Waals surface area (Å²) in [6.07, 6.45) is 0. The first-order valence-electron chi connectivity index (χ1n) is 3.54. The van der Waals surface area contributed by atoms with Crippen molar-refractivity contribution in [2.24, 2.45) is 0 Å². The van der Waals surface area contributed by atoms with E-state index in [2.05, 4.69) is 3.82 Å². The third-order valence-electron chi connectivity index (χ3n) is 1.37. The Hall–Kier alpha value is -1.97. The fraction of sp³-hybridized carbons (Fsp3) is 0. The first-order valence-corrected chi connectivity index (χ1v) is 6.50. The molecule has 0 saturated carbocycles. The van der Waals surface area contributed by atoms with Crippen LogP contribution in [0.2, 0.25) is 0 Å². The molecule has 0 fully saturated rings. The predicted molar refractivity (Wildman–Crippen MR) is 46.5 cm³/mol. The van der Waals surface area contributed by atoms with Gasteiger partial charge in [0, 0.05) is 0 Å². The summed E-state index contributed by atoms with van der Waals surface area (Å²) < 4.78 is 25.8. The van der Waals surface area contributed by atoms with Gasteiger partial charge in [0.25, 0.3) is 0 Å². The van der Waals surface area contributed by atoms with Crippen LogP contribution in [-0.2, 0) is 7.67 Å². The van der Waals surface area contributed by atoms with Crippen molar-refractivity contribution < 1.29 is 16.4 Å². The summed E-state index contributed by atoms with van der Waals surface area (Å²) in [5.74, 6) is -0.118. The number of rotatable bonds is 3. The number of nitro groups is 1. The molecule has 0 spiro atoms. The average molecular weight is 275 g/mol. The Morgan fingerprint density at radius 1 is 1.33 bits per heavy atom. The number of nitro benzene ring substituents is 1. The third-order valence-corrected chi connectivity index (χ3v) is 2.70. The molecule has 1 aromatic carbocycles. The van der Waals surface area contributed by atoms with E-state index in [-0.39, 0.29) is 11.4 Å². The van der Waals surface area contributed by atoms with Crippen molar-refractivity contribution in [1.29, 1.82) is 5.26 Å². The molecule has 0 N–H and O–H groups in total. The van der Waals surface area contributed by atoms with Crippen LogP contribution in [0, 0.1) is 20.3 Å². The van der Waals surface area contributed by atoms with Crippen molar-refractivity contribution in [3.05, 3.63) is 34.4 Å². The maximum absolute atomic E-state index is 10.7. The molecule has 0 radical (unpaired) electrons. The molecule has 0 bridgehead atoms. The molecule has 8 heteroatoms. The Morgan fingerprint density at radius 2 is 1.87 bits per heavy atom. The second-order valence-electron chi connectivity index (χ2n) is 2.38. The topological polar surface area (TPSA) is 110 Å². The van der Waals surface area contributed by atoms with Crippen molar-refractivity contribution in [3.8, 4) is 10.7 Å². The van der Waals surface area contributed by atoms with Gasteiger partial charge in [-0.15, -0.1) is 0 Å². The summed E-state index contributed by atoms with van der Waals surface area (Å²) in [6.45, 7) is 0. The Labute approximate surface area is 86.0 Å². The van der Waals surface area contributed by atoms with Crippen LogP contribution in [0.25, 0.3) is 0 Å². The zero-order chi connectivity index (χ0) is 11.5. The van der Waals surface area contributed by atoms with Gasteiger partial charge in [-0.05, 0) is 0 Å². The van der Waals surface area contributed by atoms with E-state index in [4.69, 9.17) is 5.26 Å². The van der Waals surface area contributed by atoms with Gasteiger partial charge in [0.15, 0.2) is 0 Å². The summed E-state index contributed by atoms with van der Waals surface area (Å²) in [6, 6.07) is 4.38. The Balaban J connectivity index is 2.93. The van der Waals surface area contributed by atoms with Crippen molar-refractivity contribution in [1.82, 2.24) is 0 Å². The van der Waals surface area contributed by atoms with Gasteiger partial charge in [0.2, 0.25) is 0 Å². The number of nitrogens with zero attached hydrogens (tertiary/aromatic N) is 2. The summed E-state index contributed by atoms with van der Waals surface area (Å²) in [4.78, 5) is 10.6. The molecule has 1 aromatic rings. The van der Waals surface area contributed by atoms with Crippen molar-refractivity contribution in [3.63, 3.8) is 0 Å². The van der Waals surface area contributed by atoms with E-state index in [9.17, 15) is 17.8 Å². The average Bonchev–Trinajstić information content (AvgIpc) is 2.18. The predicted octanol–water partition coefficient (Wildman–Crippen LogP) is 0.836. The van der Waals surface area contributed by atoms with Crippen LogP contribution < -0.4 is 3.82 Å². The monoisotopic (exact) mass is 276 g/mol. The standard InChI is InChI=1S/C7H4N2O5Se/c8-5-15(12,13)14-7-3-1-6(2-4-7)9(10)11/h1-4H. The second-order valence-corrected chi connectivity index (χ2v) is 5.02. The molecule has 0 aliphatic heterocycles. The molecule has 0 aliphatic rings. The number of nitriles is 1. The van der Waals surface area contributed by atoms with E-state index in [0.717, 1.165) is 29.2 Å². The molecule has 1 rings (SSSR count). The number of benzene rings is 1. The molecule has 15 heavy (non-hydrogen) atoms. The van der Waals surface area contributed by atoms with Crippen LogP contribution in [0.15, 0.2) is 24.3 Å². The zero-order valence-electron chi connectivity index (χ0n) is 7.15. The molecule has 0 atom stereocenters. The van der Waals surface area contributed by atoms with Crippen LogP contribution >= 0.6 is 0 Å². The van der Waals surface area contributed by atoms with Crippen LogP contribution in [0.1, 0.15) is 0 Å². The van der Waals surface area contributed by atoms with Gasteiger partial charge in [-0.25, -0.2) is 0 Å². The molecule has 7 nitrogen and oxygen atoms in total. The first-order chi connectivity index (χ1) is 6.94. The Bertz CT molecular complexity index is 513. The molecule has 0 aliphatic carbocycles. The maximum atomic E-state index is 10.7. The summed E-state index contributed by atoms with van der Waals surface area (Å²) in [5.41, 5.74) is -0.189. The Kier molecular flexibility index (Phi) is 2.99. The quantitative estimate of drug-likeness (QED) is 0.459. The van der Waals surface area contributed by atoms with Crippen molar-refractivity contribution in [2.45, 2.75) is 0 Å². The third kappa shape index (κ3) is 3.02. The summed E-state index contributed by atoms with van der Waals surface area (Å²) >= 11 is -5.00. The number of non-ortho nitro benzene ring substituents is 1. The number of hydrogen-bond acceptors (Lipinski definition) is 6. The van der Waals surface area contributed by atoms with E-state index in [1.54, 1.807) is 0 Å². The van der Waals surface area contributed by atoms with Crippen LogP contribution in [-0.4, -0.2) is 18.0 Å². The normalized spacial score (nSPS) is 10.3. The van der Waals surface area contributed by atoms with Gasteiger partial charge in [-0.1, -0.05) is 0 Å². The molecule has 0 saturated heterocycles. The van der Waals surface area contributed by atoms with Gasteiger partial charge < -0.3 is 0 Å². The van der Waals surface area contributed by atoms with E-state index in [0.29, 0.717) is 0 Å². The van der Waals surface area contributed by atoms with Crippen molar-refractivity contribution >= 4 is 18.7 Å². The Morgan fingerprint density at radius 3 is 2.27 bits per heavy atom. The van der Waals surface area contributed by atoms with Gasteiger partial charge in [0.1, 0.15) is 0 Å². The zero-order valence-corrected chi connectivity index (χ0v) is 8.87. The van der Waals surface area contributed by atoms with Crippen LogP contribution in [0.3, 0.4) is 0 Å². The van der Waals surface area contributed by atoms with Crippen LogP contribution in [0.4, 0.5) is 5.69 Å².